The maximum Gasteiger partial charge on any atom is 0.339 e. The zero-order chi connectivity index (χ0) is 14.8. The summed E-state index contributed by atoms with van der Waals surface area (Å²) in [7, 11) is -3.77. The van der Waals surface area contributed by atoms with Gasteiger partial charge in [0.2, 0.25) is 0 Å². The second kappa shape index (κ2) is 5.68. The number of benzene rings is 1. The fourth-order valence-electron chi connectivity index (χ4n) is 2.11. The number of rotatable bonds is 4. The molecule has 0 spiro atoms. The van der Waals surface area contributed by atoms with Crippen LogP contribution in [0.4, 0.5) is 5.69 Å². The number of anilines is 1. The van der Waals surface area contributed by atoms with Gasteiger partial charge in [0.1, 0.15) is 5.56 Å². The Kier molecular flexibility index (Phi) is 4.15. The van der Waals surface area contributed by atoms with Crippen LogP contribution in [0.1, 0.15) is 29.6 Å². The number of carboxylic acids is 1. The minimum absolute atomic E-state index is 0.129. The summed E-state index contributed by atoms with van der Waals surface area (Å²) in [5.41, 5.74) is -0.473. The first kappa shape index (κ1) is 14.6. The highest BCUT2D eigenvalue weighted by atomic mass is 32.2. The third-order valence-corrected chi connectivity index (χ3v) is 4.68. The van der Waals surface area contributed by atoms with E-state index in [1.165, 1.54) is 22.5 Å². The summed E-state index contributed by atoms with van der Waals surface area (Å²) >= 11 is 0. The van der Waals surface area contributed by atoms with Crippen LogP contribution in [0.5, 0.6) is 5.75 Å². The highest BCUT2D eigenvalue weighted by Crippen LogP contribution is 2.29. The Bertz CT molecular complexity index is 608. The van der Waals surface area contributed by atoms with Crippen LogP contribution >= 0.6 is 0 Å². The van der Waals surface area contributed by atoms with Gasteiger partial charge in [-0.3, -0.25) is 4.72 Å². The van der Waals surface area contributed by atoms with E-state index >= 15 is 0 Å². The number of aromatic carboxylic acids is 1. The molecule has 110 valence electrons. The smallest absolute Gasteiger partial charge is 0.339 e. The van der Waals surface area contributed by atoms with E-state index in [2.05, 4.69) is 4.72 Å². The van der Waals surface area contributed by atoms with Crippen LogP contribution in [0.25, 0.3) is 0 Å². The van der Waals surface area contributed by atoms with Gasteiger partial charge in [-0.1, -0.05) is 12.5 Å². The molecule has 0 aliphatic carbocycles. The summed E-state index contributed by atoms with van der Waals surface area (Å²) in [4.78, 5) is 10.9. The summed E-state index contributed by atoms with van der Waals surface area (Å²) < 4.78 is 27.8. The van der Waals surface area contributed by atoms with Crippen LogP contribution in [0.2, 0.25) is 0 Å². The lowest BCUT2D eigenvalue weighted by molar-refractivity contribution is 0.0694. The molecule has 0 unspecified atom stereocenters. The molecular formula is C12H16N2O5S. The first-order chi connectivity index (χ1) is 9.42. The molecular weight excluding hydrogens is 284 g/mol. The van der Waals surface area contributed by atoms with Crippen LogP contribution in [-0.2, 0) is 10.2 Å². The van der Waals surface area contributed by atoms with Crippen molar-refractivity contribution in [1.29, 1.82) is 0 Å². The summed E-state index contributed by atoms with van der Waals surface area (Å²) in [6, 6.07) is 3.90. The number of nitrogens with one attached hydrogen (secondary N) is 1. The molecule has 1 fully saturated rings. The molecule has 7 nitrogen and oxygen atoms in total. The maximum absolute atomic E-state index is 12.1. The third-order valence-electron chi connectivity index (χ3n) is 3.16. The van der Waals surface area contributed by atoms with Gasteiger partial charge >= 0.3 is 16.2 Å². The second-order valence-corrected chi connectivity index (χ2v) is 6.24. The minimum atomic E-state index is -3.77. The van der Waals surface area contributed by atoms with Crippen molar-refractivity contribution in [3.8, 4) is 5.75 Å². The molecule has 1 aliphatic rings. The molecule has 1 aliphatic heterocycles. The number of nitrogens with zero attached hydrogens (tertiary/aromatic N) is 1. The van der Waals surface area contributed by atoms with Gasteiger partial charge in [-0.25, -0.2) is 4.79 Å². The van der Waals surface area contributed by atoms with Gasteiger partial charge in [-0.05, 0) is 25.0 Å². The van der Waals surface area contributed by atoms with Crippen LogP contribution in [0, 0.1) is 0 Å². The minimum Gasteiger partial charge on any atom is -0.505 e. The number of carbonyl (C=O) groups is 1. The van der Waals surface area contributed by atoms with E-state index < -0.39 is 21.9 Å². The van der Waals surface area contributed by atoms with E-state index in [1.54, 1.807) is 0 Å². The Morgan fingerprint density at radius 3 is 2.45 bits per heavy atom. The van der Waals surface area contributed by atoms with Crippen molar-refractivity contribution in [2.75, 3.05) is 17.8 Å². The van der Waals surface area contributed by atoms with Gasteiger partial charge in [0.05, 0.1) is 5.69 Å². The Labute approximate surface area is 117 Å². The molecule has 2 rings (SSSR count). The number of phenols is 1. The van der Waals surface area contributed by atoms with E-state index in [9.17, 15) is 18.3 Å². The quantitative estimate of drug-likeness (QED) is 0.725. The zero-order valence-electron chi connectivity index (χ0n) is 10.7. The van der Waals surface area contributed by atoms with E-state index in [-0.39, 0.29) is 11.3 Å². The normalized spacial score (nSPS) is 16.8. The van der Waals surface area contributed by atoms with Gasteiger partial charge in [0, 0.05) is 13.1 Å². The molecule has 1 aromatic carbocycles. The Morgan fingerprint density at radius 1 is 1.20 bits per heavy atom. The van der Waals surface area contributed by atoms with Crippen molar-refractivity contribution < 1.29 is 23.4 Å². The average Bonchev–Trinajstić information content (AvgIpc) is 2.41. The molecule has 3 N–H and O–H groups in total. The lowest BCUT2D eigenvalue weighted by Gasteiger charge is -2.26. The van der Waals surface area contributed by atoms with E-state index in [0.29, 0.717) is 13.1 Å². The lowest BCUT2D eigenvalue weighted by atomic mass is 10.2. The van der Waals surface area contributed by atoms with Gasteiger partial charge in [-0.2, -0.15) is 12.7 Å². The van der Waals surface area contributed by atoms with Crippen molar-refractivity contribution in [3.05, 3.63) is 23.8 Å². The van der Waals surface area contributed by atoms with Crippen LogP contribution in [-0.4, -0.2) is 42.0 Å². The topological polar surface area (TPSA) is 107 Å². The monoisotopic (exact) mass is 300 g/mol. The van der Waals surface area contributed by atoms with Crippen molar-refractivity contribution >= 4 is 21.9 Å². The molecule has 1 saturated heterocycles. The van der Waals surface area contributed by atoms with Crippen molar-refractivity contribution in [2.45, 2.75) is 19.3 Å². The summed E-state index contributed by atoms with van der Waals surface area (Å²) in [5, 5.41) is 18.7. The third kappa shape index (κ3) is 3.02. The van der Waals surface area contributed by atoms with Crippen LogP contribution in [0.15, 0.2) is 18.2 Å². The molecule has 0 saturated carbocycles. The van der Waals surface area contributed by atoms with Gasteiger partial charge < -0.3 is 10.2 Å². The van der Waals surface area contributed by atoms with E-state index in [4.69, 9.17) is 5.11 Å². The van der Waals surface area contributed by atoms with E-state index in [1.807, 2.05) is 0 Å². The summed E-state index contributed by atoms with van der Waals surface area (Å²) in [5.74, 6) is -1.90. The van der Waals surface area contributed by atoms with Gasteiger partial charge in [0.15, 0.2) is 5.75 Å². The van der Waals surface area contributed by atoms with E-state index in [0.717, 1.165) is 19.3 Å². The molecule has 0 amide bonds. The molecule has 0 radical (unpaired) electrons. The molecule has 0 bridgehead atoms. The molecule has 0 atom stereocenters. The number of carboxylic acid groups (broad SMARTS) is 1. The second-order valence-electron chi connectivity index (χ2n) is 4.57. The Hall–Kier alpha value is -1.80. The Balaban J connectivity index is 2.25. The van der Waals surface area contributed by atoms with Crippen molar-refractivity contribution in [3.63, 3.8) is 0 Å². The fourth-order valence-corrected chi connectivity index (χ4v) is 3.42. The van der Waals surface area contributed by atoms with Crippen molar-refractivity contribution in [2.24, 2.45) is 0 Å². The van der Waals surface area contributed by atoms with Crippen LogP contribution < -0.4 is 4.72 Å². The number of piperidine rings is 1. The molecule has 20 heavy (non-hydrogen) atoms. The number of aromatic hydroxyl groups is 1. The molecule has 8 heteroatoms. The van der Waals surface area contributed by atoms with Gasteiger partial charge in [-0.15, -0.1) is 0 Å². The first-order valence-corrected chi connectivity index (χ1v) is 7.69. The lowest BCUT2D eigenvalue weighted by Crippen LogP contribution is -2.39. The number of para-hydroxylation sites is 1. The fraction of sp³-hybridized carbons (Fsp3) is 0.417. The molecule has 1 heterocycles. The molecule has 1 aromatic rings. The SMILES string of the molecule is O=C(O)c1cccc(NS(=O)(=O)N2CCCCC2)c1O. The highest BCUT2D eigenvalue weighted by Gasteiger charge is 2.25. The standard InChI is InChI=1S/C12H16N2O5S/c15-11-9(12(16)17)5-4-6-10(11)13-20(18,19)14-7-2-1-3-8-14/h4-6,13,15H,1-3,7-8H2,(H,16,17). The van der Waals surface area contributed by atoms with Crippen molar-refractivity contribution in [1.82, 2.24) is 4.31 Å². The summed E-state index contributed by atoms with van der Waals surface area (Å²) in [6.45, 7) is 0.851. The largest absolute Gasteiger partial charge is 0.505 e. The number of hydrogen-bond donors (Lipinski definition) is 3. The first-order valence-electron chi connectivity index (χ1n) is 6.25. The predicted octanol–water partition coefficient (Wildman–Crippen LogP) is 1.23. The average molecular weight is 300 g/mol. The van der Waals surface area contributed by atoms with Gasteiger partial charge in [0.25, 0.3) is 0 Å². The zero-order valence-corrected chi connectivity index (χ0v) is 11.6. The molecule has 0 aromatic heterocycles. The Morgan fingerprint density at radius 2 is 1.85 bits per heavy atom. The van der Waals surface area contributed by atoms with Crippen LogP contribution in [0.3, 0.4) is 0 Å². The maximum atomic E-state index is 12.1. The highest BCUT2D eigenvalue weighted by molar-refractivity contribution is 7.90. The predicted molar refractivity (Wildman–Crippen MR) is 73.0 cm³/mol. The summed E-state index contributed by atoms with van der Waals surface area (Å²) in [6.07, 6.45) is 2.58. The number of hydrogen-bond acceptors (Lipinski definition) is 4.